The van der Waals surface area contributed by atoms with Crippen molar-refractivity contribution in [2.75, 3.05) is 0 Å². The molecule has 6 rings (SSSR count). The molecule has 0 radical (unpaired) electrons. The standard InChI is InChI=1S/C23H14N2Se/c1-2-7-15(8-3-1)25-17-10-6-12-20-21(17)22-18(25)13-14-24-23(22)16-9-4-5-11-19(16)26-20/h1-14H. The van der Waals surface area contributed by atoms with Gasteiger partial charge in [0.2, 0.25) is 0 Å². The van der Waals surface area contributed by atoms with Crippen molar-refractivity contribution in [3.05, 3.63) is 85.1 Å². The molecule has 0 aliphatic heterocycles. The van der Waals surface area contributed by atoms with Gasteiger partial charge in [-0.3, -0.25) is 0 Å². The first-order valence-corrected chi connectivity index (χ1v) is 10.4. The molecule has 0 unspecified atom stereocenters. The molecular formula is C23H14N2Se. The fourth-order valence-electron chi connectivity index (χ4n) is 3.99. The second kappa shape index (κ2) is 5.31. The van der Waals surface area contributed by atoms with Gasteiger partial charge < -0.3 is 0 Å². The Morgan fingerprint density at radius 3 is 2.35 bits per heavy atom. The summed E-state index contributed by atoms with van der Waals surface area (Å²) in [4.78, 5) is 4.83. The monoisotopic (exact) mass is 398 g/mol. The SMILES string of the molecule is c1ccc(-n2c3cccc4[se]c5ccccc5c5nccc2c5c43)cc1. The van der Waals surface area contributed by atoms with E-state index in [1.807, 2.05) is 6.20 Å². The number of fused-ring (bicyclic) bond motifs is 2. The predicted octanol–water partition coefficient (Wildman–Crippen LogP) is 5.54. The predicted molar refractivity (Wildman–Crippen MR) is 111 cm³/mol. The number of hydrogen-bond acceptors (Lipinski definition) is 1. The minimum absolute atomic E-state index is 0.270. The van der Waals surface area contributed by atoms with Gasteiger partial charge >= 0.3 is 156 Å². The molecule has 0 aliphatic carbocycles. The van der Waals surface area contributed by atoms with Crippen LogP contribution in [0.25, 0.3) is 46.9 Å². The third-order valence-corrected chi connectivity index (χ3v) is 7.42. The van der Waals surface area contributed by atoms with E-state index in [2.05, 4.69) is 83.4 Å². The summed E-state index contributed by atoms with van der Waals surface area (Å²) in [6.07, 6.45) is 1.95. The Kier molecular flexibility index (Phi) is 2.92. The average Bonchev–Trinajstić information content (AvgIpc) is 2.96. The Hall–Kier alpha value is -2.87. The van der Waals surface area contributed by atoms with E-state index in [0.717, 1.165) is 5.52 Å². The van der Waals surface area contributed by atoms with Crippen molar-refractivity contribution in [2.45, 2.75) is 0 Å². The van der Waals surface area contributed by atoms with Crippen molar-refractivity contribution in [2.24, 2.45) is 0 Å². The van der Waals surface area contributed by atoms with Crippen LogP contribution in [0.2, 0.25) is 0 Å². The molecule has 0 saturated carbocycles. The van der Waals surface area contributed by atoms with E-state index >= 15 is 0 Å². The van der Waals surface area contributed by atoms with E-state index < -0.39 is 0 Å². The summed E-state index contributed by atoms with van der Waals surface area (Å²) in [6, 6.07) is 28.2. The Bertz CT molecular complexity index is 1420. The van der Waals surface area contributed by atoms with Gasteiger partial charge in [0.15, 0.2) is 0 Å². The summed E-state index contributed by atoms with van der Waals surface area (Å²) in [7, 11) is 0. The Morgan fingerprint density at radius 1 is 0.654 bits per heavy atom. The molecule has 26 heavy (non-hydrogen) atoms. The topological polar surface area (TPSA) is 17.8 Å². The number of aromatic nitrogens is 2. The summed E-state index contributed by atoms with van der Waals surface area (Å²) < 4.78 is 5.23. The number of benzene rings is 3. The van der Waals surface area contributed by atoms with E-state index in [1.54, 1.807) is 0 Å². The zero-order valence-electron chi connectivity index (χ0n) is 13.9. The molecule has 0 spiro atoms. The molecule has 0 saturated heterocycles. The zero-order chi connectivity index (χ0) is 17.1. The first-order valence-electron chi connectivity index (χ1n) is 8.66. The van der Waals surface area contributed by atoms with Gasteiger partial charge in [-0.25, -0.2) is 0 Å². The average molecular weight is 397 g/mol. The van der Waals surface area contributed by atoms with Crippen molar-refractivity contribution >= 4 is 55.7 Å². The Labute approximate surface area is 156 Å². The summed E-state index contributed by atoms with van der Waals surface area (Å²) in [5, 5.41) is 3.93. The molecule has 0 bridgehead atoms. The van der Waals surface area contributed by atoms with Crippen molar-refractivity contribution in [3.8, 4) is 5.69 Å². The van der Waals surface area contributed by atoms with Gasteiger partial charge in [0, 0.05) is 0 Å². The van der Waals surface area contributed by atoms with Crippen LogP contribution in [-0.4, -0.2) is 24.1 Å². The summed E-state index contributed by atoms with van der Waals surface area (Å²) >= 11 is 0.270. The first kappa shape index (κ1) is 14.3. The molecule has 122 valence electrons. The summed E-state index contributed by atoms with van der Waals surface area (Å²) in [5.74, 6) is 0. The van der Waals surface area contributed by atoms with Crippen LogP contribution < -0.4 is 0 Å². The van der Waals surface area contributed by atoms with Crippen LogP contribution >= 0.6 is 0 Å². The van der Waals surface area contributed by atoms with E-state index in [4.69, 9.17) is 4.98 Å². The molecule has 0 amide bonds. The fourth-order valence-corrected chi connectivity index (χ4v) is 6.32. The molecule has 3 aromatic carbocycles. The quantitative estimate of drug-likeness (QED) is 0.333. The van der Waals surface area contributed by atoms with Crippen LogP contribution in [0.5, 0.6) is 0 Å². The van der Waals surface area contributed by atoms with Crippen molar-refractivity contribution < 1.29 is 0 Å². The molecule has 6 aromatic rings. The molecule has 0 aliphatic rings. The van der Waals surface area contributed by atoms with E-state index in [-0.39, 0.29) is 14.5 Å². The van der Waals surface area contributed by atoms with Crippen molar-refractivity contribution in [1.29, 1.82) is 0 Å². The van der Waals surface area contributed by atoms with Gasteiger partial charge in [-0.05, 0) is 0 Å². The Morgan fingerprint density at radius 2 is 1.42 bits per heavy atom. The zero-order valence-corrected chi connectivity index (χ0v) is 15.6. The van der Waals surface area contributed by atoms with E-state index in [9.17, 15) is 0 Å². The summed E-state index contributed by atoms with van der Waals surface area (Å²) in [5.41, 5.74) is 4.82. The van der Waals surface area contributed by atoms with E-state index in [1.165, 1.54) is 41.4 Å². The third-order valence-electron chi connectivity index (χ3n) is 5.04. The van der Waals surface area contributed by atoms with Crippen LogP contribution in [0, 0.1) is 0 Å². The molecule has 3 heterocycles. The first-order chi connectivity index (χ1) is 12.9. The maximum absolute atomic E-state index is 4.83. The van der Waals surface area contributed by atoms with Crippen LogP contribution in [0.15, 0.2) is 85.1 Å². The fraction of sp³-hybridized carbons (Fsp3) is 0. The second-order valence-electron chi connectivity index (χ2n) is 6.47. The number of pyridine rings is 1. The molecule has 3 aromatic heterocycles. The van der Waals surface area contributed by atoms with Gasteiger partial charge in [0.25, 0.3) is 0 Å². The second-order valence-corrected chi connectivity index (χ2v) is 8.75. The van der Waals surface area contributed by atoms with Gasteiger partial charge in [-0.1, -0.05) is 0 Å². The third kappa shape index (κ3) is 1.84. The number of nitrogens with zero attached hydrogens (tertiary/aromatic N) is 2. The number of hydrogen-bond donors (Lipinski definition) is 0. The maximum atomic E-state index is 4.83. The molecule has 0 fully saturated rings. The van der Waals surface area contributed by atoms with Gasteiger partial charge in [0.1, 0.15) is 0 Å². The number of rotatable bonds is 1. The molecule has 2 nitrogen and oxygen atoms in total. The number of para-hydroxylation sites is 1. The van der Waals surface area contributed by atoms with Gasteiger partial charge in [0.05, 0.1) is 0 Å². The van der Waals surface area contributed by atoms with Crippen LogP contribution in [0.4, 0.5) is 0 Å². The van der Waals surface area contributed by atoms with Gasteiger partial charge in [-0.2, -0.15) is 0 Å². The van der Waals surface area contributed by atoms with Crippen LogP contribution in [0.1, 0.15) is 0 Å². The summed E-state index contributed by atoms with van der Waals surface area (Å²) in [6.45, 7) is 0. The minimum atomic E-state index is 0.270. The molecule has 3 heteroatoms. The van der Waals surface area contributed by atoms with Crippen molar-refractivity contribution in [1.82, 2.24) is 9.55 Å². The van der Waals surface area contributed by atoms with E-state index in [0.29, 0.717) is 0 Å². The molecule has 0 atom stereocenters. The van der Waals surface area contributed by atoms with Gasteiger partial charge in [-0.15, -0.1) is 0 Å². The normalized spacial score (nSPS) is 11.8. The Balaban J connectivity index is 1.99. The molecular weight excluding hydrogens is 383 g/mol. The van der Waals surface area contributed by atoms with Crippen LogP contribution in [-0.2, 0) is 0 Å². The molecule has 0 N–H and O–H groups in total. The van der Waals surface area contributed by atoms with Crippen LogP contribution in [0.3, 0.4) is 0 Å². The van der Waals surface area contributed by atoms with Crippen molar-refractivity contribution in [3.63, 3.8) is 0 Å².